The van der Waals surface area contributed by atoms with Gasteiger partial charge in [-0.05, 0) is 24.5 Å². The van der Waals surface area contributed by atoms with Crippen molar-refractivity contribution in [3.63, 3.8) is 0 Å². The third-order valence-electron chi connectivity index (χ3n) is 3.09. The van der Waals surface area contributed by atoms with Crippen molar-refractivity contribution >= 4 is 17.5 Å². The van der Waals surface area contributed by atoms with E-state index in [-0.39, 0.29) is 22.8 Å². The van der Waals surface area contributed by atoms with Crippen LogP contribution >= 0.6 is 11.6 Å². The summed E-state index contributed by atoms with van der Waals surface area (Å²) in [6.07, 6.45) is 3.73. The summed E-state index contributed by atoms with van der Waals surface area (Å²) in [6, 6.07) is 8.10. The van der Waals surface area contributed by atoms with Gasteiger partial charge in [0.2, 0.25) is 0 Å². The molecule has 0 saturated carbocycles. The molecule has 4 nitrogen and oxygen atoms in total. The molecule has 0 fully saturated rings. The van der Waals surface area contributed by atoms with E-state index in [0.717, 1.165) is 12.0 Å². The number of hydrogen-bond acceptors (Lipinski definition) is 3. The first-order valence-corrected chi connectivity index (χ1v) is 6.85. The largest absolute Gasteiger partial charge is 0.344 e. The molecule has 2 rings (SSSR count). The quantitative estimate of drug-likeness (QED) is 0.940. The first kappa shape index (κ1) is 14.5. The number of amides is 1. The lowest BCUT2D eigenvalue weighted by molar-refractivity contribution is 0.0934. The average molecular weight is 290 g/mol. The number of rotatable bonds is 4. The Labute approximate surface area is 123 Å². The minimum absolute atomic E-state index is 0.0918. The maximum absolute atomic E-state index is 12.0. The van der Waals surface area contributed by atoms with Crippen molar-refractivity contribution in [2.45, 2.75) is 26.3 Å². The third-order valence-corrected chi connectivity index (χ3v) is 3.28. The summed E-state index contributed by atoms with van der Waals surface area (Å²) in [7, 11) is 0. The molecule has 20 heavy (non-hydrogen) atoms. The van der Waals surface area contributed by atoms with Crippen LogP contribution in [0.2, 0.25) is 5.15 Å². The van der Waals surface area contributed by atoms with Gasteiger partial charge in [0, 0.05) is 0 Å². The fourth-order valence-electron chi connectivity index (χ4n) is 1.83. The predicted octanol–water partition coefficient (Wildman–Crippen LogP) is 3.18. The van der Waals surface area contributed by atoms with Gasteiger partial charge in [-0.1, -0.05) is 42.8 Å². The molecule has 0 bridgehead atoms. The van der Waals surface area contributed by atoms with E-state index in [1.54, 1.807) is 0 Å². The SMILES string of the molecule is CCc1ccc(C(C)NC(=O)c2cnc(Cl)cn2)cc1. The standard InChI is InChI=1S/C15H16ClN3O/c1-3-11-4-6-12(7-5-11)10(2)19-15(20)13-8-18-14(16)9-17-13/h4-10H,3H2,1-2H3,(H,19,20). The Hall–Kier alpha value is -1.94. The summed E-state index contributed by atoms with van der Waals surface area (Å²) in [5, 5.41) is 3.15. The van der Waals surface area contributed by atoms with Crippen LogP contribution in [0.1, 0.15) is 41.5 Å². The van der Waals surface area contributed by atoms with Crippen LogP contribution in [0.4, 0.5) is 0 Å². The van der Waals surface area contributed by atoms with Crippen LogP contribution in [-0.4, -0.2) is 15.9 Å². The van der Waals surface area contributed by atoms with Crippen molar-refractivity contribution in [1.82, 2.24) is 15.3 Å². The molecule has 1 atom stereocenters. The summed E-state index contributed by atoms with van der Waals surface area (Å²) in [5.41, 5.74) is 2.58. The van der Waals surface area contributed by atoms with E-state index in [0.29, 0.717) is 0 Å². The van der Waals surface area contributed by atoms with E-state index < -0.39 is 0 Å². The molecule has 104 valence electrons. The van der Waals surface area contributed by atoms with E-state index in [9.17, 15) is 4.79 Å². The van der Waals surface area contributed by atoms with Crippen molar-refractivity contribution in [3.05, 3.63) is 58.6 Å². The molecule has 1 unspecified atom stereocenters. The Morgan fingerprint density at radius 3 is 2.50 bits per heavy atom. The lowest BCUT2D eigenvalue weighted by Gasteiger charge is -2.14. The van der Waals surface area contributed by atoms with Crippen molar-refractivity contribution < 1.29 is 4.79 Å². The second-order valence-electron chi connectivity index (χ2n) is 4.51. The second kappa shape index (κ2) is 6.48. The average Bonchev–Trinajstić information content (AvgIpc) is 2.48. The highest BCUT2D eigenvalue weighted by atomic mass is 35.5. The van der Waals surface area contributed by atoms with Gasteiger partial charge in [-0.25, -0.2) is 9.97 Å². The summed E-state index contributed by atoms with van der Waals surface area (Å²) >= 11 is 5.64. The van der Waals surface area contributed by atoms with E-state index >= 15 is 0 Å². The highest BCUT2D eigenvalue weighted by Gasteiger charge is 2.12. The molecule has 2 aromatic rings. The van der Waals surface area contributed by atoms with Gasteiger partial charge in [-0.15, -0.1) is 0 Å². The molecule has 0 aliphatic carbocycles. The topological polar surface area (TPSA) is 54.9 Å². The Morgan fingerprint density at radius 1 is 1.25 bits per heavy atom. The van der Waals surface area contributed by atoms with Crippen LogP contribution < -0.4 is 5.32 Å². The van der Waals surface area contributed by atoms with Crippen LogP contribution in [0.3, 0.4) is 0 Å². The van der Waals surface area contributed by atoms with Crippen LogP contribution in [-0.2, 0) is 6.42 Å². The lowest BCUT2D eigenvalue weighted by atomic mass is 10.0. The Bertz CT molecular complexity index is 581. The second-order valence-corrected chi connectivity index (χ2v) is 4.90. The van der Waals surface area contributed by atoms with E-state index in [1.807, 2.05) is 19.1 Å². The van der Waals surface area contributed by atoms with E-state index in [1.165, 1.54) is 18.0 Å². The summed E-state index contributed by atoms with van der Waals surface area (Å²) in [4.78, 5) is 19.8. The number of benzene rings is 1. The third kappa shape index (κ3) is 3.54. The minimum Gasteiger partial charge on any atom is -0.344 e. The Kier molecular flexibility index (Phi) is 4.69. The van der Waals surface area contributed by atoms with Gasteiger partial charge in [0.1, 0.15) is 10.8 Å². The summed E-state index contributed by atoms with van der Waals surface area (Å²) in [6.45, 7) is 4.04. The molecule has 0 aliphatic rings. The summed E-state index contributed by atoms with van der Waals surface area (Å²) in [5.74, 6) is -0.263. The van der Waals surface area contributed by atoms with Gasteiger partial charge in [-0.3, -0.25) is 4.79 Å². The van der Waals surface area contributed by atoms with Crippen molar-refractivity contribution in [1.29, 1.82) is 0 Å². The molecule has 0 spiro atoms. The molecule has 1 aromatic carbocycles. The van der Waals surface area contributed by atoms with Crippen LogP contribution in [0.15, 0.2) is 36.7 Å². The lowest BCUT2D eigenvalue weighted by Crippen LogP contribution is -2.27. The normalized spacial score (nSPS) is 11.9. The first-order chi connectivity index (χ1) is 9.60. The van der Waals surface area contributed by atoms with Crippen molar-refractivity contribution in [2.24, 2.45) is 0 Å². The fourth-order valence-corrected chi connectivity index (χ4v) is 1.92. The number of aromatic nitrogens is 2. The van der Waals surface area contributed by atoms with Gasteiger partial charge in [0.15, 0.2) is 0 Å². The van der Waals surface area contributed by atoms with Gasteiger partial charge in [0.25, 0.3) is 5.91 Å². The highest BCUT2D eigenvalue weighted by Crippen LogP contribution is 2.14. The Morgan fingerprint density at radius 2 is 1.95 bits per heavy atom. The smallest absolute Gasteiger partial charge is 0.271 e. The molecule has 0 aliphatic heterocycles. The fraction of sp³-hybridized carbons (Fsp3) is 0.267. The zero-order valence-electron chi connectivity index (χ0n) is 11.4. The van der Waals surface area contributed by atoms with Gasteiger partial charge < -0.3 is 5.32 Å². The Balaban J connectivity index is 2.04. The number of aryl methyl sites for hydroxylation is 1. The van der Waals surface area contributed by atoms with Crippen molar-refractivity contribution in [2.75, 3.05) is 0 Å². The predicted molar refractivity (Wildman–Crippen MR) is 78.7 cm³/mol. The molecular formula is C15H16ClN3O. The maximum atomic E-state index is 12.0. The van der Waals surface area contributed by atoms with Crippen LogP contribution in [0.25, 0.3) is 0 Å². The van der Waals surface area contributed by atoms with E-state index in [2.05, 4.69) is 34.3 Å². The number of carbonyl (C=O) groups excluding carboxylic acids is 1. The zero-order valence-corrected chi connectivity index (χ0v) is 12.2. The number of nitrogens with one attached hydrogen (secondary N) is 1. The highest BCUT2D eigenvalue weighted by molar-refractivity contribution is 6.29. The number of carbonyl (C=O) groups is 1. The number of hydrogen-bond donors (Lipinski definition) is 1. The minimum atomic E-state index is -0.263. The molecule has 1 heterocycles. The van der Waals surface area contributed by atoms with E-state index in [4.69, 9.17) is 11.6 Å². The molecule has 0 radical (unpaired) electrons. The van der Waals surface area contributed by atoms with Gasteiger partial charge >= 0.3 is 0 Å². The van der Waals surface area contributed by atoms with Crippen LogP contribution in [0.5, 0.6) is 0 Å². The number of halogens is 1. The first-order valence-electron chi connectivity index (χ1n) is 6.47. The van der Waals surface area contributed by atoms with Gasteiger partial charge in [0.05, 0.1) is 18.4 Å². The molecule has 0 saturated heterocycles. The van der Waals surface area contributed by atoms with Gasteiger partial charge in [-0.2, -0.15) is 0 Å². The van der Waals surface area contributed by atoms with Crippen molar-refractivity contribution in [3.8, 4) is 0 Å². The van der Waals surface area contributed by atoms with Crippen LogP contribution in [0, 0.1) is 0 Å². The molecule has 1 amide bonds. The molecule has 5 heteroatoms. The molecular weight excluding hydrogens is 274 g/mol. The summed E-state index contributed by atoms with van der Waals surface area (Å²) < 4.78 is 0. The maximum Gasteiger partial charge on any atom is 0.271 e. The number of nitrogens with zero attached hydrogens (tertiary/aromatic N) is 2. The molecule has 1 aromatic heterocycles. The monoisotopic (exact) mass is 289 g/mol. The molecule has 1 N–H and O–H groups in total. The zero-order chi connectivity index (χ0) is 14.5.